The van der Waals surface area contributed by atoms with Crippen molar-refractivity contribution >= 4 is 21.6 Å². The zero-order chi connectivity index (χ0) is 16.8. The molecule has 0 saturated heterocycles. The molecule has 0 aromatic heterocycles. The minimum absolute atomic E-state index is 0.0312. The highest BCUT2D eigenvalue weighted by atomic mass is 32.2. The predicted molar refractivity (Wildman–Crippen MR) is 90.4 cm³/mol. The summed E-state index contributed by atoms with van der Waals surface area (Å²) in [6.45, 7) is 5.80. The molecule has 0 heterocycles. The average Bonchev–Trinajstić information content (AvgIpc) is 2.44. The summed E-state index contributed by atoms with van der Waals surface area (Å²) in [7, 11) is -3.55. The molecule has 6 heteroatoms. The Labute approximate surface area is 133 Å². The molecule has 1 aromatic rings. The molecule has 124 valence electrons. The van der Waals surface area contributed by atoms with Crippen molar-refractivity contribution in [2.45, 2.75) is 52.1 Å². The number of benzene rings is 1. The fourth-order valence-corrected chi connectivity index (χ4v) is 3.69. The molecule has 0 bridgehead atoms. The van der Waals surface area contributed by atoms with Crippen molar-refractivity contribution < 1.29 is 13.2 Å². The SMILES string of the molecule is CCC[C@@H](C)NC(=O)[C@H](CC)N(c1ccccc1)S(C)(=O)=O. The van der Waals surface area contributed by atoms with E-state index in [-0.39, 0.29) is 11.9 Å². The van der Waals surface area contributed by atoms with Crippen molar-refractivity contribution in [2.24, 2.45) is 0 Å². The van der Waals surface area contributed by atoms with Crippen molar-refractivity contribution in [1.29, 1.82) is 0 Å². The Morgan fingerprint density at radius 2 is 1.82 bits per heavy atom. The highest BCUT2D eigenvalue weighted by Gasteiger charge is 2.31. The second-order valence-electron chi connectivity index (χ2n) is 5.52. The Morgan fingerprint density at radius 3 is 2.27 bits per heavy atom. The van der Waals surface area contributed by atoms with Gasteiger partial charge in [-0.1, -0.05) is 38.5 Å². The van der Waals surface area contributed by atoms with E-state index in [1.807, 2.05) is 26.8 Å². The van der Waals surface area contributed by atoms with E-state index >= 15 is 0 Å². The van der Waals surface area contributed by atoms with Crippen molar-refractivity contribution in [3.05, 3.63) is 30.3 Å². The summed E-state index contributed by atoms with van der Waals surface area (Å²) < 4.78 is 25.6. The maximum absolute atomic E-state index is 12.5. The van der Waals surface area contributed by atoms with Crippen LogP contribution < -0.4 is 9.62 Å². The van der Waals surface area contributed by atoms with Crippen molar-refractivity contribution in [3.63, 3.8) is 0 Å². The summed E-state index contributed by atoms with van der Waals surface area (Å²) in [5, 5.41) is 2.91. The molecule has 0 unspecified atom stereocenters. The Kier molecular flexibility index (Phi) is 6.87. The molecule has 5 nitrogen and oxygen atoms in total. The number of hydrogen-bond donors (Lipinski definition) is 1. The number of amides is 1. The Bertz CT molecular complexity index is 572. The van der Waals surface area contributed by atoms with Gasteiger partial charge < -0.3 is 5.32 Å². The Morgan fingerprint density at radius 1 is 1.23 bits per heavy atom. The van der Waals surface area contributed by atoms with Crippen LogP contribution in [-0.2, 0) is 14.8 Å². The van der Waals surface area contributed by atoms with Crippen LogP contribution >= 0.6 is 0 Å². The minimum Gasteiger partial charge on any atom is -0.352 e. The van der Waals surface area contributed by atoms with Crippen LogP contribution in [0.4, 0.5) is 5.69 Å². The van der Waals surface area contributed by atoms with Gasteiger partial charge in [0, 0.05) is 6.04 Å². The molecule has 0 aliphatic rings. The van der Waals surface area contributed by atoms with Gasteiger partial charge in [0.2, 0.25) is 15.9 Å². The van der Waals surface area contributed by atoms with E-state index in [0.29, 0.717) is 12.1 Å². The van der Waals surface area contributed by atoms with Crippen LogP contribution in [0.3, 0.4) is 0 Å². The molecule has 0 saturated carbocycles. The van der Waals surface area contributed by atoms with E-state index in [2.05, 4.69) is 5.32 Å². The van der Waals surface area contributed by atoms with Crippen LogP contribution in [0.2, 0.25) is 0 Å². The van der Waals surface area contributed by atoms with Crippen LogP contribution in [-0.4, -0.2) is 32.7 Å². The summed E-state index contributed by atoms with van der Waals surface area (Å²) in [6.07, 6.45) is 3.37. The molecule has 0 radical (unpaired) electrons. The topological polar surface area (TPSA) is 66.5 Å². The van der Waals surface area contributed by atoms with E-state index in [0.717, 1.165) is 19.1 Å². The fraction of sp³-hybridized carbons (Fsp3) is 0.562. The van der Waals surface area contributed by atoms with Gasteiger partial charge in [-0.3, -0.25) is 9.10 Å². The van der Waals surface area contributed by atoms with Crippen LogP contribution in [0.1, 0.15) is 40.0 Å². The van der Waals surface area contributed by atoms with Gasteiger partial charge in [-0.25, -0.2) is 8.42 Å². The van der Waals surface area contributed by atoms with Crippen LogP contribution in [0.15, 0.2) is 30.3 Å². The summed E-state index contributed by atoms with van der Waals surface area (Å²) in [5.74, 6) is -0.252. The molecule has 0 spiro atoms. The lowest BCUT2D eigenvalue weighted by Crippen LogP contribution is -2.51. The summed E-state index contributed by atoms with van der Waals surface area (Å²) in [5.41, 5.74) is 0.509. The number of hydrogen-bond acceptors (Lipinski definition) is 3. The molecular weight excluding hydrogens is 300 g/mol. The third-order valence-electron chi connectivity index (χ3n) is 3.45. The van der Waals surface area contributed by atoms with Gasteiger partial charge >= 0.3 is 0 Å². The highest BCUT2D eigenvalue weighted by Crippen LogP contribution is 2.22. The number of rotatable bonds is 8. The third kappa shape index (κ3) is 5.02. The lowest BCUT2D eigenvalue weighted by atomic mass is 10.1. The number of para-hydroxylation sites is 1. The number of nitrogens with one attached hydrogen (secondary N) is 1. The number of sulfonamides is 1. The maximum Gasteiger partial charge on any atom is 0.244 e. The van der Waals surface area contributed by atoms with E-state index in [9.17, 15) is 13.2 Å². The lowest BCUT2D eigenvalue weighted by Gasteiger charge is -2.31. The second kappa shape index (κ2) is 8.17. The molecular formula is C16H26N2O3S. The van der Waals surface area contributed by atoms with Gasteiger partial charge in [0.15, 0.2) is 0 Å². The third-order valence-corrected chi connectivity index (χ3v) is 4.63. The van der Waals surface area contributed by atoms with Gasteiger partial charge in [-0.2, -0.15) is 0 Å². The monoisotopic (exact) mass is 326 g/mol. The molecule has 2 atom stereocenters. The number of anilines is 1. The van der Waals surface area contributed by atoms with Gasteiger partial charge in [-0.05, 0) is 31.9 Å². The van der Waals surface area contributed by atoms with Gasteiger partial charge in [0.25, 0.3) is 0 Å². The molecule has 1 rings (SSSR count). The summed E-state index contributed by atoms with van der Waals surface area (Å²) in [4.78, 5) is 12.5. The largest absolute Gasteiger partial charge is 0.352 e. The maximum atomic E-state index is 12.5. The number of nitrogens with zero attached hydrogens (tertiary/aromatic N) is 1. The zero-order valence-electron chi connectivity index (χ0n) is 13.7. The molecule has 1 N–H and O–H groups in total. The zero-order valence-corrected chi connectivity index (χ0v) is 14.6. The minimum atomic E-state index is -3.55. The van der Waals surface area contributed by atoms with Crippen molar-refractivity contribution in [3.8, 4) is 0 Å². The van der Waals surface area contributed by atoms with Crippen LogP contribution in [0, 0.1) is 0 Å². The predicted octanol–water partition coefficient (Wildman–Crippen LogP) is 2.54. The molecule has 1 aromatic carbocycles. The highest BCUT2D eigenvalue weighted by molar-refractivity contribution is 7.92. The van der Waals surface area contributed by atoms with Gasteiger partial charge in [-0.15, -0.1) is 0 Å². The van der Waals surface area contributed by atoms with E-state index in [1.54, 1.807) is 24.3 Å². The Hall–Kier alpha value is -1.56. The number of carbonyl (C=O) groups excluding carboxylic acids is 1. The lowest BCUT2D eigenvalue weighted by molar-refractivity contribution is -0.122. The summed E-state index contributed by atoms with van der Waals surface area (Å²) >= 11 is 0. The smallest absolute Gasteiger partial charge is 0.244 e. The van der Waals surface area contributed by atoms with Crippen molar-refractivity contribution in [1.82, 2.24) is 5.32 Å². The van der Waals surface area contributed by atoms with E-state index in [4.69, 9.17) is 0 Å². The Balaban J connectivity index is 3.08. The first-order valence-electron chi connectivity index (χ1n) is 7.66. The molecule has 0 fully saturated rings. The molecule has 0 aliphatic carbocycles. The van der Waals surface area contributed by atoms with Gasteiger partial charge in [0.1, 0.15) is 6.04 Å². The normalized spacial score (nSPS) is 14.2. The van der Waals surface area contributed by atoms with Gasteiger partial charge in [0.05, 0.1) is 11.9 Å². The molecule has 1 amide bonds. The molecule has 22 heavy (non-hydrogen) atoms. The quantitative estimate of drug-likeness (QED) is 0.798. The fourth-order valence-electron chi connectivity index (χ4n) is 2.48. The van der Waals surface area contributed by atoms with Crippen molar-refractivity contribution in [2.75, 3.05) is 10.6 Å². The summed E-state index contributed by atoms with van der Waals surface area (Å²) in [6, 6.07) is 8.03. The molecule has 0 aliphatic heterocycles. The first-order valence-corrected chi connectivity index (χ1v) is 9.50. The van der Waals surface area contributed by atoms with Crippen LogP contribution in [0.25, 0.3) is 0 Å². The first kappa shape index (κ1) is 18.5. The second-order valence-corrected chi connectivity index (χ2v) is 7.38. The van der Waals surface area contributed by atoms with E-state index in [1.165, 1.54) is 4.31 Å². The first-order chi connectivity index (χ1) is 10.3. The number of carbonyl (C=O) groups is 1. The standard InChI is InChI=1S/C16H26N2O3S/c1-5-10-13(3)17-16(19)15(6-2)18(22(4,20)21)14-11-8-7-9-12-14/h7-9,11-13,15H,5-6,10H2,1-4H3,(H,17,19)/t13-,15+/m1/s1. The average molecular weight is 326 g/mol. The van der Waals surface area contributed by atoms with E-state index < -0.39 is 16.1 Å². The van der Waals surface area contributed by atoms with Crippen LogP contribution in [0.5, 0.6) is 0 Å².